The van der Waals surface area contributed by atoms with Crippen molar-refractivity contribution in [1.82, 2.24) is 5.32 Å². The normalized spacial score (nSPS) is 16.0. The van der Waals surface area contributed by atoms with Gasteiger partial charge in [0, 0.05) is 11.6 Å². The van der Waals surface area contributed by atoms with Gasteiger partial charge in [-0.3, -0.25) is 0 Å². The van der Waals surface area contributed by atoms with Crippen LogP contribution in [0.3, 0.4) is 0 Å². The molecule has 1 N–H and O–H groups in total. The van der Waals surface area contributed by atoms with E-state index in [1.165, 1.54) is 5.57 Å². The second kappa shape index (κ2) is 5.43. The highest BCUT2D eigenvalue weighted by Gasteiger charge is 2.13. The van der Waals surface area contributed by atoms with E-state index < -0.39 is 0 Å². The van der Waals surface area contributed by atoms with Gasteiger partial charge in [0.05, 0.1) is 0 Å². The Labute approximate surface area is 83.6 Å². The van der Waals surface area contributed by atoms with Gasteiger partial charge in [-0.15, -0.1) is 0 Å². The van der Waals surface area contributed by atoms with Crippen molar-refractivity contribution in [1.29, 1.82) is 0 Å². The lowest BCUT2D eigenvalue weighted by Gasteiger charge is -2.26. The zero-order chi connectivity index (χ0) is 10.5. The van der Waals surface area contributed by atoms with Crippen LogP contribution < -0.4 is 5.32 Å². The van der Waals surface area contributed by atoms with E-state index in [-0.39, 0.29) is 5.54 Å². The molecular weight excluding hydrogens is 158 g/mol. The fraction of sp³-hybridized carbons (Fsp3) is 0.833. The second-order valence-electron chi connectivity index (χ2n) is 4.78. The fourth-order valence-electron chi connectivity index (χ4n) is 1.28. The molecule has 0 spiro atoms. The summed E-state index contributed by atoms with van der Waals surface area (Å²) in [4.78, 5) is 0. The monoisotopic (exact) mass is 183 g/mol. The Hall–Kier alpha value is -0.300. The maximum atomic E-state index is 3.59. The topological polar surface area (TPSA) is 12.0 Å². The number of allylic oxidation sites excluding steroid dienone is 1. The quantitative estimate of drug-likeness (QED) is 0.658. The van der Waals surface area contributed by atoms with E-state index in [2.05, 4.69) is 52.9 Å². The van der Waals surface area contributed by atoms with Crippen LogP contribution in [0.4, 0.5) is 0 Å². The molecule has 0 aliphatic rings. The molecule has 0 aromatic carbocycles. The summed E-state index contributed by atoms with van der Waals surface area (Å²) < 4.78 is 0. The van der Waals surface area contributed by atoms with Gasteiger partial charge < -0.3 is 5.32 Å². The van der Waals surface area contributed by atoms with Crippen LogP contribution in [0.2, 0.25) is 0 Å². The predicted octanol–water partition coefficient (Wildman–Crippen LogP) is 3.51. The van der Waals surface area contributed by atoms with Crippen molar-refractivity contribution >= 4 is 0 Å². The minimum atomic E-state index is 0.213. The van der Waals surface area contributed by atoms with E-state index in [1.807, 2.05) is 0 Å². The third kappa shape index (κ3) is 6.83. The van der Waals surface area contributed by atoms with Gasteiger partial charge in [-0.2, -0.15) is 0 Å². The number of rotatable bonds is 4. The maximum absolute atomic E-state index is 3.59. The summed E-state index contributed by atoms with van der Waals surface area (Å²) in [5, 5.41) is 3.59. The molecule has 0 radical (unpaired) electrons. The molecule has 0 aliphatic carbocycles. The molecular formula is C12H25N. The molecule has 13 heavy (non-hydrogen) atoms. The first kappa shape index (κ1) is 12.7. The summed E-state index contributed by atoms with van der Waals surface area (Å²) in [6.07, 6.45) is 4.67. The van der Waals surface area contributed by atoms with Crippen LogP contribution in [0.25, 0.3) is 0 Å². The highest BCUT2D eigenvalue weighted by Crippen LogP contribution is 2.08. The largest absolute Gasteiger partial charge is 0.306 e. The number of nitrogens with one attached hydrogen (secondary N) is 1. The Bertz CT molecular complexity index is 162. The molecule has 0 heterocycles. The number of hydrogen-bond acceptors (Lipinski definition) is 1. The van der Waals surface area contributed by atoms with Crippen LogP contribution in [0, 0.1) is 0 Å². The van der Waals surface area contributed by atoms with Crippen molar-refractivity contribution in [2.45, 2.75) is 66.0 Å². The first-order valence-electron chi connectivity index (χ1n) is 5.34. The van der Waals surface area contributed by atoms with Gasteiger partial charge in [0.2, 0.25) is 0 Å². The summed E-state index contributed by atoms with van der Waals surface area (Å²) in [6, 6.07) is 0.528. The molecule has 0 fully saturated rings. The zero-order valence-corrected chi connectivity index (χ0v) is 10.1. The smallest absolute Gasteiger partial charge is 0.0254 e. The fourth-order valence-corrected chi connectivity index (χ4v) is 1.28. The van der Waals surface area contributed by atoms with Crippen molar-refractivity contribution < 1.29 is 0 Å². The Kier molecular flexibility index (Phi) is 5.31. The summed E-state index contributed by atoms with van der Waals surface area (Å²) >= 11 is 0. The molecule has 0 saturated carbocycles. The molecule has 0 bridgehead atoms. The molecule has 0 aliphatic heterocycles. The molecule has 0 saturated heterocycles. The highest BCUT2D eigenvalue weighted by atomic mass is 15.0. The van der Waals surface area contributed by atoms with Crippen LogP contribution in [-0.4, -0.2) is 11.6 Å². The highest BCUT2D eigenvalue weighted by molar-refractivity contribution is 5.04. The minimum Gasteiger partial charge on any atom is -0.306 e. The number of hydrogen-bond donors (Lipinski definition) is 1. The van der Waals surface area contributed by atoms with E-state index in [0.717, 1.165) is 12.8 Å². The third-order valence-electron chi connectivity index (χ3n) is 2.10. The molecule has 1 atom stereocenters. The lowest BCUT2D eigenvalue weighted by Crippen LogP contribution is -2.42. The zero-order valence-electron chi connectivity index (χ0n) is 10.1. The van der Waals surface area contributed by atoms with Crippen molar-refractivity contribution in [3.63, 3.8) is 0 Å². The van der Waals surface area contributed by atoms with Gasteiger partial charge in [-0.25, -0.2) is 0 Å². The molecule has 0 rings (SSSR count). The Morgan fingerprint density at radius 3 is 2.15 bits per heavy atom. The Morgan fingerprint density at radius 2 is 1.85 bits per heavy atom. The van der Waals surface area contributed by atoms with Crippen molar-refractivity contribution in [3.8, 4) is 0 Å². The summed E-state index contributed by atoms with van der Waals surface area (Å²) in [7, 11) is 0. The lowest BCUT2D eigenvalue weighted by molar-refractivity contribution is 0.385. The predicted molar refractivity (Wildman–Crippen MR) is 61.0 cm³/mol. The summed E-state index contributed by atoms with van der Waals surface area (Å²) in [5.41, 5.74) is 1.69. The van der Waals surface area contributed by atoms with Crippen LogP contribution in [-0.2, 0) is 0 Å². The summed E-state index contributed by atoms with van der Waals surface area (Å²) in [6.45, 7) is 13.3. The van der Waals surface area contributed by atoms with Crippen LogP contribution >= 0.6 is 0 Å². The van der Waals surface area contributed by atoms with E-state index in [0.29, 0.717) is 6.04 Å². The third-order valence-corrected chi connectivity index (χ3v) is 2.10. The van der Waals surface area contributed by atoms with Crippen molar-refractivity contribution in [2.24, 2.45) is 0 Å². The first-order valence-corrected chi connectivity index (χ1v) is 5.34. The Balaban J connectivity index is 4.20. The van der Waals surface area contributed by atoms with Gasteiger partial charge in [0.25, 0.3) is 0 Å². The van der Waals surface area contributed by atoms with Gasteiger partial charge in [0.15, 0.2) is 0 Å². The molecule has 0 aromatic heterocycles. The molecule has 0 aromatic rings. The SMILES string of the molecule is CC/C(C)=C\C(CC)NC(C)(C)C. The van der Waals surface area contributed by atoms with Gasteiger partial charge >= 0.3 is 0 Å². The summed E-state index contributed by atoms with van der Waals surface area (Å²) in [5.74, 6) is 0. The average Bonchev–Trinajstić information content (AvgIpc) is 2.00. The van der Waals surface area contributed by atoms with Gasteiger partial charge in [-0.1, -0.05) is 25.5 Å². The minimum absolute atomic E-state index is 0.213. The van der Waals surface area contributed by atoms with Crippen LogP contribution in [0.15, 0.2) is 11.6 Å². The van der Waals surface area contributed by atoms with Crippen molar-refractivity contribution in [2.75, 3.05) is 0 Å². The van der Waals surface area contributed by atoms with Gasteiger partial charge in [-0.05, 0) is 40.5 Å². The van der Waals surface area contributed by atoms with Crippen LogP contribution in [0.5, 0.6) is 0 Å². The van der Waals surface area contributed by atoms with Crippen LogP contribution in [0.1, 0.15) is 54.4 Å². The van der Waals surface area contributed by atoms with E-state index in [9.17, 15) is 0 Å². The van der Waals surface area contributed by atoms with E-state index in [4.69, 9.17) is 0 Å². The van der Waals surface area contributed by atoms with Crippen molar-refractivity contribution in [3.05, 3.63) is 11.6 Å². The van der Waals surface area contributed by atoms with E-state index in [1.54, 1.807) is 0 Å². The molecule has 1 nitrogen and oxygen atoms in total. The molecule has 78 valence electrons. The standard InChI is InChI=1S/C12H25N/c1-7-10(3)9-11(8-2)13-12(4,5)6/h9,11,13H,7-8H2,1-6H3/b10-9-. The second-order valence-corrected chi connectivity index (χ2v) is 4.78. The maximum Gasteiger partial charge on any atom is 0.0254 e. The Morgan fingerprint density at radius 1 is 1.31 bits per heavy atom. The van der Waals surface area contributed by atoms with E-state index >= 15 is 0 Å². The molecule has 1 heteroatoms. The average molecular weight is 183 g/mol. The molecule has 1 unspecified atom stereocenters. The molecule has 0 amide bonds. The lowest BCUT2D eigenvalue weighted by atomic mass is 10.0. The van der Waals surface area contributed by atoms with Gasteiger partial charge in [0.1, 0.15) is 0 Å². The first-order chi connectivity index (χ1) is 5.89.